The van der Waals surface area contributed by atoms with Gasteiger partial charge in [0.1, 0.15) is 5.82 Å². The SMILES string of the molecule is Cn1ccnc1Cn1cnc(C(=O)O)c1. The predicted molar refractivity (Wildman–Crippen MR) is 51.5 cm³/mol. The van der Waals surface area contributed by atoms with Crippen LogP contribution in [0.25, 0.3) is 0 Å². The molecule has 0 saturated carbocycles. The summed E-state index contributed by atoms with van der Waals surface area (Å²) in [5, 5.41) is 8.68. The largest absolute Gasteiger partial charge is 0.476 e. The number of hydrogen-bond acceptors (Lipinski definition) is 3. The highest BCUT2D eigenvalue weighted by molar-refractivity contribution is 5.84. The van der Waals surface area contributed by atoms with Gasteiger partial charge in [0.2, 0.25) is 0 Å². The number of imidazole rings is 2. The number of aromatic nitrogens is 4. The van der Waals surface area contributed by atoms with E-state index in [2.05, 4.69) is 9.97 Å². The molecular weight excluding hydrogens is 196 g/mol. The third kappa shape index (κ3) is 1.88. The van der Waals surface area contributed by atoms with Crippen molar-refractivity contribution in [2.75, 3.05) is 0 Å². The molecule has 78 valence electrons. The highest BCUT2D eigenvalue weighted by Crippen LogP contribution is 2.01. The van der Waals surface area contributed by atoms with Crippen LogP contribution in [0.4, 0.5) is 0 Å². The van der Waals surface area contributed by atoms with Crippen LogP contribution in [0.3, 0.4) is 0 Å². The third-order valence-corrected chi connectivity index (χ3v) is 2.10. The predicted octanol–water partition coefficient (Wildman–Crippen LogP) is 0.363. The Labute approximate surface area is 85.8 Å². The third-order valence-electron chi connectivity index (χ3n) is 2.10. The molecule has 0 fully saturated rings. The Morgan fingerprint density at radius 1 is 1.53 bits per heavy atom. The van der Waals surface area contributed by atoms with Crippen molar-refractivity contribution in [3.63, 3.8) is 0 Å². The zero-order valence-corrected chi connectivity index (χ0v) is 8.16. The zero-order valence-electron chi connectivity index (χ0n) is 8.16. The van der Waals surface area contributed by atoms with Crippen molar-refractivity contribution in [3.05, 3.63) is 36.4 Å². The van der Waals surface area contributed by atoms with Crippen molar-refractivity contribution in [2.24, 2.45) is 7.05 Å². The van der Waals surface area contributed by atoms with Crippen LogP contribution in [-0.2, 0) is 13.6 Å². The van der Waals surface area contributed by atoms with Crippen molar-refractivity contribution in [3.8, 4) is 0 Å². The smallest absolute Gasteiger partial charge is 0.356 e. The molecule has 0 bridgehead atoms. The molecule has 0 aliphatic heterocycles. The molecule has 2 aromatic heterocycles. The van der Waals surface area contributed by atoms with Crippen molar-refractivity contribution in [1.29, 1.82) is 0 Å². The molecule has 0 spiro atoms. The van der Waals surface area contributed by atoms with Gasteiger partial charge in [-0.1, -0.05) is 0 Å². The van der Waals surface area contributed by atoms with Crippen LogP contribution in [0.5, 0.6) is 0 Å². The summed E-state index contributed by atoms with van der Waals surface area (Å²) in [4.78, 5) is 18.5. The lowest BCUT2D eigenvalue weighted by atomic mass is 10.5. The Hall–Kier alpha value is -2.11. The molecule has 15 heavy (non-hydrogen) atoms. The van der Waals surface area contributed by atoms with Gasteiger partial charge in [0.25, 0.3) is 0 Å². The monoisotopic (exact) mass is 206 g/mol. The van der Waals surface area contributed by atoms with Gasteiger partial charge in [-0.25, -0.2) is 14.8 Å². The average Bonchev–Trinajstić information content (AvgIpc) is 2.77. The topological polar surface area (TPSA) is 72.9 Å². The van der Waals surface area contributed by atoms with Crippen LogP contribution in [-0.4, -0.2) is 30.2 Å². The van der Waals surface area contributed by atoms with E-state index in [9.17, 15) is 4.79 Å². The fraction of sp³-hybridized carbons (Fsp3) is 0.222. The molecule has 1 N–H and O–H groups in total. The second kappa shape index (κ2) is 3.56. The van der Waals surface area contributed by atoms with E-state index in [4.69, 9.17) is 5.11 Å². The van der Waals surface area contributed by atoms with Gasteiger partial charge in [-0.05, 0) is 0 Å². The van der Waals surface area contributed by atoms with Crippen LogP contribution in [0, 0.1) is 0 Å². The molecule has 2 aromatic rings. The summed E-state index contributed by atoms with van der Waals surface area (Å²) in [6.45, 7) is 0.518. The van der Waals surface area contributed by atoms with E-state index >= 15 is 0 Å². The molecule has 0 aliphatic carbocycles. The molecule has 0 aromatic carbocycles. The summed E-state index contributed by atoms with van der Waals surface area (Å²) >= 11 is 0. The summed E-state index contributed by atoms with van der Waals surface area (Å²) in [6, 6.07) is 0. The summed E-state index contributed by atoms with van der Waals surface area (Å²) in [5.41, 5.74) is 0.0456. The Kier molecular flexibility index (Phi) is 2.24. The molecule has 0 atom stereocenters. The molecule has 2 heterocycles. The standard InChI is InChI=1S/C9H10N4O2/c1-12-3-2-10-8(12)5-13-4-7(9(14)15)11-6-13/h2-4,6H,5H2,1H3,(H,14,15). The number of carboxylic acid groups (broad SMARTS) is 1. The van der Waals surface area contributed by atoms with Crippen LogP contribution in [0.1, 0.15) is 16.3 Å². The fourth-order valence-corrected chi connectivity index (χ4v) is 1.27. The van der Waals surface area contributed by atoms with Gasteiger partial charge < -0.3 is 14.2 Å². The molecule has 0 amide bonds. The molecule has 0 unspecified atom stereocenters. The first kappa shape index (κ1) is 9.45. The lowest BCUT2D eigenvalue weighted by molar-refractivity contribution is 0.0691. The van der Waals surface area contributed by atoms with Crippen LogP contribution in [0.15, 0.2) is 24.9 Å². The quantitative estimate of drug-likeness (QED) is 0.787. The fourth-order valence-electron chi connectivity index (χ4n) is 1.27. The zero-order chi connectivity index (χ0) is 10.8. The minimum atomic E-state index is -1.02. The van der Waals surface area contributed by atoms with Crippen LogP contribution in [0.2, 0.25) is 0 Å². The number of hydrogen-bond donors (Lipinski definition) is 1. The summed E-state index contributed by atoms with van der Waals surface area (Å²) in [6.07, 6.45) is 6.50. The number of rotatable bonds is 3. The van der Waals surface area contributed by atoms with Crippen molar-refractivity contribution in [2.45, 2.75) is 6.54 Å². The molecule has 6 nitrogen and oxygen atoms in total. The number of carboxylic acids is 1. The van der Waals surface area contributed by atoms with Gasteiger partial charge in [0.05, 0.1) is 12.9 Å². The molecule has 0 aliphatic rings. The number of nitrogens with zero attached hydrogens (tertiary/aromatic N) is 4. The first-order valence-electron chi connectivity index (χ1n) is 4.38. The van der Waals surface area contributed by atoms with Gasteiger partial charge in [-0.15, -0.1) is 0 Å². The summed E-state index contributed by atoms with van der Waals surface area (Å²) in [7, 11) is 1.89. The van der Waals surface area contributed by atoms with Gasteiger partial charge >= 0.3 is 5.97 Å². The van der Waals surface area contributed by atoms with E-state index in [1.54, 1.807) is 10.8 Å². The van der Waals surface area contributed by atoms with Gasteiger partial charge in [-0.2, -0.15) is 0 Å². The van der Waals surface area contributed by atoms with Crippen molar-refractivity contribution < 1.29 is 9.90 Å². The Morgan fingerprint density at radius 2 is 2.33 bits per heavy atom. The van der Waals surface area contributed by atoms with E-state index in [-0.39, 0.29) is 5.69 Å². The maximum atomic E-state index is 10.6. The van der Waals surface area contributed by atoms with E-state index in [0.717, 1.165) is 5.82 Å². The maximum Gasteiger partial charge on any atom is 0.356 e. The average molecular weight is 206 g/mol. The minimum Gasteiger partial charge on any atom is -0.476 e. The van der Waals surface area contributed by atoms with Gasteiger partial charge in [0, 0.05) is 25.6 Å². The minimum absolute atomic E-state index is 0.0456. The maximum absolute atomic E-state index is 10.6. The molecular formula is C9H10N4O2. The Bertz CT molecular complexity index is 486. The van der Waals surface area contributed by atoms with Gasteiger partial charge in [-0.3, -0.25) is 0 Å². The Balaban J connectivity index is 2.18. The second-order valence-electron chi connectivity index (χ2n) is 3.19. The molecule has 2 rings (SSSR count). The number of carbonyl (C=O) groups is 1. The molecule has 6 heteroatoms. The highest BCUT2D eigenvalue weighted by Gasteiger charge is 2.07. The normalized spacial score (nSPS) is 10.5. The van der Waals surface area contributed by atoms with Crippen LogP contribution >= 0.6 is 0 Å². The summed E-state index contributed by atoms with van der Waals surface area (Å²) in [5.74, 6) is -0.169. The Morgan fingerprint density at radius 3 is 2.87 bits per heavy atom. The van der Waals surface area contributed by atoms with E-state index in [1.165, 1.54) is 12.5 Å². The van der Waals surface area contributed by atoms with Crippen molar-refractivity contribution in [1.82, 2.24) is 19.1 Å². The highest BCUT2D eigenvalue weighted by atomic mass is 16.4. The second-order valence-corrected chi connectivity index (χ2v) is 3.19. The molecule has 0 radical (unpaired) electrons. The molecule has 0 saturated heterocycles. The van der Waals surface area contributed by atoms with E-state index in [0.29, 0.717) is 6.54 Å². The van der Waals surface area contributed by atoms with Crippen LogP contribution < -0.4 is 0 Å². The number of aryl methyl sites for hydroxylation is 1. The summed E-state index contributed by atoms with van der Waals surface area (Å²) < 4.78 is 3.56. The number of aromatic carboxylic acids is 1. The van der Waals surface area contributed by atoms with Crippen molar-refractivity contribution >= 4 is 5.97 Å². The van der Waals surface area contributed by atoms with Gasteiger partial charge in [0.15, 0.2) is 5.69 Å². The lowest BCUT2D eigenvalue weighted by Crippen LogP contribution is -2.04. The first-order valence-corrected chi connectivity index (χ1v) is 4.38. The van der Waals surface area contributed by atoms with E-state index < -0.39 is 5.97 Å². The van der Waals surface area contributed by atoms with E-state index in [1.807, 2.05) is 17.8 Å². The first-order chi connectivity index (χ1) is 7.16. The lowest BCUT2D eigenvalue weighted by Gasteiger charge is -2.01.